The Balaban J connectivity index is 0.000000253. The first-order chi connectivity index (χ1) is 39.7. The standard InChI is InChI=1S/C25H24F3N7O5S2.C24H21F3N6O4S.CH5NO2S/c1-13-6-20(25(26,27)28)33-35(13)21-19(14-7-18(23(41-4)29-11-14)22(36)34-42(5,37)38)12-30-24(32-21)31-15-8-16(39-2)10-17(9-15)40-3;1-12-5-19(24(25,26)27)32-33(12)20-18(13-6-17(22(34)35)21(38-4)28-10-13)11-29-23(31-20)30-14-7-15(36-2)9-16(8-14)37-3;1-5(2,3)4/h6-12H,1-5H3,(H,34,36)(H,30,31,32);5-11H,1-4H3,(H,34,35)(H,29,30,31);1H3,(H2,2,3,4). The van der Waals surface area contributed by atoms with Crippen molar-refractivity contribution in [2.24, 2.45) is 5.14 Å². The molecule has 0 fully saturated rings. The molecule has 0 spiro atoms. The van der Waals surface area contributed by atoms with Crippen LogP contribution in [-0.4, -0.2) is 137 Å². The van der Waals surface area contributed by atoms with E-state index in [1.165, 1.54) is 79.2 Å². The summed E-state index contributed by atoms with van der Waals surface area (Å²) in [4.78, 5) is 50.5. The largest absolute Gasteiger partial charge is 0.497 e. The number of ether oxygens (including phenoxy) is 4. The number of methoxy groups -OCH3 is 4. The van der Waals surface area contributed by atoms with Gasteiger partial charge in [-0.2, -0.15) is 46.5 Å². The summed E-state index contributed by atoms with van der Waals surface area (Å²) in [5.74, 6) is -0.276. The van der Waals surface area contributed by atoms with Crippen molar-refractivity contribution in [2.45, 2.75) is 36.3 Å². The average Bonchev–Trinajstić information content (AvgIpc) is 2.40. The van der Waals surface area contributed by atoms with Crippen LogP contribution in [0.3, 0.4) is 0 Å². The molecule has 35 heteroatoms. The summed E-state index contributed by atoms with van der Waals surface area (Å²) in [6.45, 7) is 2.88. The van der Waals surface area contributed by atoms with Crippen molar-refractivity contribution in [1.82, 2.24) is 54.2 Å². The van der Waals surface area contributed by atoms with Gasteiger partial charge in [0.1, 0.15) is 33.0 Å². The van der Waals surface area contributed by atoms with Gasteiger partial charge in [0.25, 0.3) is 5.91 Å². The Labute approximate surface area is 489 Å². The van der Waals surface area contributed by atoms with E-state index in [-0.39, 0.29) is 78.4 Å². The molecule has 6 N–H and O–H groups in total. The fraction of sp³-hybridized carbons (Fsp3) is 0.240. The fourth-order valence-corrected chi connectivity index (χ4v) is 8.83. The predicted octanol–water partition coefficient (Wildman–Crippen LogP) is 8.36. The molecule has 0 atom stereocenters. The lowest BCUT2D eigenvalue weighted by Crippen LogP contribution is -2.30. The minimum absolute atomic E-state index is 0.00347. The van der Waals surface area contributed by atoms with Gasteiger partial charge >= 0.3 is 18.3 Å². The third-order valence-electron chi connectivity index (χ3n) is 11.0. The van der Waals surface area contributed by atoms with E-state index in [0.717, 1.165) is 57.5 Å². The SMILES string of the molecule is COc1cc(Nc2ncc(-c3cnc(SC)c(C(=O)NS(C)(=O)=O)c3)c(-n3nc(C(F)(F)F)cc3C)n2)cc(OC)c1.COc1cc(Nc2ncc(-c3cnc(SC)c(C(=O)O)c3)c(-n3nc(C(F)(F)F)cc3C)n2)cc(OC)c1.CS(N)(=O)=O. The van der Waals surface area contributed by atoms with E-state index >= 15 is 0 Å². The highest BCUT2D eigenvalue weighted by Gasteiger charge is 2.36. The van der Waals surface area contributed by atoms with Gasteiger partial charge in [0.05, 0.1) is 52.1 Å². The number of sulfonamides is 2. The molecule has 1 amide bonds. The normalized spacial score (nSPS) is 11.5. The number of carbonyl (C=O) groups is 2. The van der Waals surface area contributed by atoms with Gasteiger partial charge in [-0.15, -0.1) is 23.5 Å². The number of anilines is 4. The number of amides is 1. The van der Waals surface area contributed by atoms with E-state index in [1.807, 2.05) is 4.72 Å². The second-order valence-corrected chi connectivity index (χ2v) is 22.4. The van der Waals surface area contributed by atoms with Gasteiger partial charge in [-0.3, -0.25) is 4.79 Å². The van der Waals surface area contributed by atoms with Crippen LogP contribution in [0.1, 0.15) is 43.5 Å². The van der Waals surface area contributed by atoms with Gasteiger partial charge in [-0.05, 0) is 50.6 Å². The Morgan fingerprint density at radius 3 is 1.24 bits per heavy atom. The number of nitrogens with one attached hydrogen (secondary N) is 3. The molecular formula is C50H50F6N14O11S4. The summed E-state index contributed by atoms with van der Waals surface area (Å²) in [5, 5.41) is 27.9. The van der Waals surface area contributed by atoms with Crippen molar-refractivity contribution >= 4 is 78.7 Å². The molecule has 452 valence electrons. The highest BCUT2D eigenvalue weighted by Crippen LogP contribution is 2.37. The number of halogens is 6. The van der Waals surface area contributed by atoms with Crippen molar-refractivity contribution in [3.05, 3.63) is 119 Å². The summed E-state index contributed by atoms with van der Waals surface area (Å²) in [5.41, 5.74) is -0.273. The number of pyridine rings is 2. The second kappa shape index (κ2) is 26.8. The predicted molar refractivity (Wildman–Crippen MR) is 302 cm³/mol. The van der Waals surface area contributed by atoms with E-state index in [4.69, 9.17) is 18.9 Å². The van der Waals surface area contributed by atoms with E-state index in [2.05, 4.69) is 55.9 Å². The number of alkyl halides is 6. The third-order valence-corrected chi connectivity index (χ3v) is 13.0. The lowest BCUT2D eigenvalue weighted by molar-refractivity contribution is -0.142. The zero-order chi connectivity index (χ0) is 62.9. The Hall–Kier alpha value is -8.80. The maximum Gasteiger partial charge on any atom is 0.435 e. The summed E-state index contributed by atoms with van der Waals surface area (Å²) >= 11 is 2.25. The number of hydrogen-bond donors (Lipinski definition) is 5. The number of carboxylic acid groups (broad SMARTS) is 1. The number of aromatic nitrogens is 10. The van der Waals surface area contributed by atoms with Crippen molar-refractivity contribution in [1.29, 1.82) is 0 Å². The second-order valence-electron chi connectivity index (χ2n) is 17.4. The van der Waals surface area contributed by atoms with Crippen molar-refractivity contribution in [3.63, 3.8) is 0 Å². The van der Waals surface area contributed by atoms with Crippen molar-refractivity contribution in [2.75, 3.05) is 64.1 Å². The number of aromatic carboxylic acids is 1. The summed E-state index contributed by atoms with van der Waals surface area (Å²) in [6.07, 6.45) is 1.15. The molecule has 6 heterocycles. The van der Waals surface area contributed by atoms with Gasteiger partial charge in [-0.1, -0.05) is 0 Å². The Bertz CT molecular complexity index is 3970. The number of thioether (sulfide) groups is 2. The molecular weight excluding hydrogens is 1210 g/mol. The van der Waals surface area contributed by atoms with Gasteiger partial charge in [-0.25, -0.2) is 60.8 Å². The highest BCUT2D eigenvalue weighted by atomic mass is 32.2. The molecule has 8 rings (SSSR count). The van der Waals surface area contributed by atoms with E-state index in [9.17, 15) is 57.9 Å². The smallest absolute Gasteiger partial charge is 0.435 e. The van der Waals surface area contributed by atoms with Crippen LogP contribution in [0.2, 0.25) is 0 Å². The first-order valence-electron chi connectivity index (χ1n) is 23.6. The minimum Gasteiger partial charge on any atom is -0.497 e. The van der Waals surface area contributed by atoms with Gasteiger partial charge in [0.2, 0.25) is 31.9 Å². The Morgan fingerprint density at radius 1 is 0.576 bits per heavy atom. The number of carbonyl (C=O) groups excluding carboxylic acids is 1. The van der Waals surface area contributed by atoms with E-state index in [0.29, 0.717) is 34.4 Å². The van der Waals surface area contributed by atoms with Crippen LogP contribution in [0.25, 0.3) is 33.9 Å². The van der Waals surface area contributed by atoms with Crippen LogP contribution in [0.5, 0.6) is 23.0 Å². The van der Waals surface area contributed by atoms with Crippen LogP contribution in [0, 0.1) is 13.8 Å². The van der Waals surface area contributed by atoms with Crippen molar-refractivity contribution in [3.8, 4) is 56.9 Å². The monoisotopic (exact) mass is 1260 g/mol. The molecule has 0 aliphatic carbocycles. The number of primary sulfonamides is 1. The van der Waals surface area contributed by atoms with E-state index in [1.54, 1.807) is 48.9 Å². The number of aryl methyl sites for hydroxylation is 2. The maximum atomic E-state index is 13.5. The lowest BCUT2D eigenvalue weighted by Gasteiger charge is -2.15. The van der Waals surface area contributed by atoms with Crippen LogP contribution in [0.4, 0.5) is 49.6 Å². The molecule has 85 heavy (non-hydrogen) atoms. The summed E-state index contributed by atoms with van der Waals surface area (Å²) < 4.78 is 148. The molecule has 0 saturated carbocycles. The molecule has 0 aliphatic rings. The van der Waals surface area contributed by atoms with Gasteiger partial charge in [0, 0.05) is 106 Å². The molecule has 6 aromatic heterocycles. The van der Waals surface area contributed by atoms with Crippen LogP contribution in [-0.2, 0) is 32.4 Å². The molecule has 8 aromatic rings. The zero-order valence-corrected chi connectivity index (χ0v) is 49.3. The summed E-state index contributed by atoms with van der Waals surface area (Å²) in [6, 6.07) is 14.4. The number of hydrogen-bond acceptors (Lipinski definition) is 22. The Kier molecular flexibility index (Phi) is 20.6. The van der Waals surface area contributed by atoms with Crippen LogP contribution >= 0.6 is 23.5 Å². The highest BCUT2D eigenvalue weighted by molar-refractivity contribution is 7.98. The zero-order valence-electron chi connectivity index (χ0n) is 46.1. The number of benzene rings is 2. The van der Waals surface area contributed by atoms with E-state index < -0.39 is 55.7 Å². The first-order valence-corrected chi connectivity index (χ1v) is 29.9. The molecule has 0 aliphatic heterocycles. The minimum atomic E-state index is -4.72. The first kappa shape index (κ1) is 65.4. The third kappa shape index (κ3) is 17.4. The van der Waals surface area contributed by atoms with Gasteiger partial charge in [0.15, 0.2) is 23.0 Å². The topological polar surface area (TPSA) is 335 Å². The molecule has 0 radical (unpaired) electrons. The number of nitrogens with zero attached hydrogens (tertiary/aromatic N) is 10. The lowest BCUT2D eigenvalue weighted by atomic mass is 10.1. The average molecular weight is 1270 g/mol. The molecule has 2 aromatic carbocycles. The summed E-state index contributed by atoms with van der Waals surface area (Å²) in [7, 11) is -1.14. The fourth-order valence-electron chi connectivity index (χ4n) is 7.33. The van der Waals surface area contributed by atoms with Crippen molar-refractivity contribution < 1.29 is 76.8 Å². The van der Waals surface area contributed by atoms with Gasteiger partial charge < -0.3 is 34.7 Å². The number of carboxylic acids is 1. The molecule has 0 saturated heterocycles. The number of rotatable bonds is 17. The molecule has 0 bridgehead atoms. The molecule has 25 nitrogen and oxygen atoms in total. The number of nitrogens with two attached hydrogens (primary N) is 1. The van der Waals surface area contributed by atoms with Crippen LogP contribution < -0.4 is 39.4 Å². The Morgan fingerprint density at radius 2 is 0.929 bits per heavy atom. The quantitative estimate of drug-likeness (QED) is 0.0422. The van der Waals surface area contributed by atoms with Crippen LogP contribution in [0.15, 0.2) is 95.5 Å². The maximum absolute atomic E-state index is 13.5. The molecule has 0 unspecified atom stereocenters.